The topological polar surface area (TPSA) is 139 Å². The molecule has 25 heavy (non-hydrogen) atoms. The molecule has 0 unspecified atom stereocenters. The summed E-state index contributed by atoms with van der Waals surface area (Å²) in [5, 5.41) is 33.2. The van der Waals surface area contributed by atoms with Crippen molar-refractivity contribution in [2.45, 2.75) is 0 Å². The van der Waals surface area contributed by atoms with Gasteiger partial charge in [0.2, 0.25) is 0 Å². The van der Waals surface area contributed by atoms with Gasteiger partial charge in [-0.05, 0) is 23.8 Å². The highest BCUT2D eigenvalue weighted by Crippen LogP contribution is 2.35. The number of rotatable bonds is 6. The van der Waals surface area contributed by atoms with Crippen LogP contribution in [0, 0.1) is 30.3 Å². The van der Waals surface area contributed by atoms with Crippen LogP contribution in [-0.4, -0.2) is 21.9 Å². The van der Waals surface area contributed by atoms with E-state index >= 15 is 0 Å². The molecule has 0 saturated carbocycles. The van der Waals surface area contributed by atoms with Crippen molar-refractivity contribution in [3.63, 3.8) is 0 Å². The first-order valence-corrected chi connectivity index (χ1v) is 6.77. The Morgan fingerprint density at radius 2 is 1.36 bits per heavy atom. The van der Waals surface area contributed by atoms with Crippen LogP contribution in [0.2, 0.25) is 0 Å². The molecule has 0 fully saturated rings. The van der Waals surface area contributed by atoms with Crippen LogP contribution in [0.1, 0.15) is 11.1 Å². The minimum Gasteiger partial charge on any atom is -0.497 e. The number of hydrogen-bond acceptors (Lipinski definition) is 7. The molecular weight excluding hydrogens is 334 g/mol. The molecule has 0 aliphatic rings. The molecule has 0 radical (unpaired) electrons. The lowest BCUT2D eigenvalue weighted by molar-refractivity contribution is -0.403. The Bertz CT molecular complexity index is 840. The molecule has 0 aromatic heterocycles. The van der Waals surface area contributed by atoms with Gasteiger partial charge in [0.1, 0.15) is 11.3 Å². The Balaban J connectivity index is 2.57. The van der Waals surface area contributed by atoms with Gasteiger partial charge in [-0.15, -0.1) is 0 Å². The summed E-state index contributed by atoms with van der Waals surface area (Å²) in [6, 6.07) is 7.99. The van der Waals surface area contributed by atoms with Gasteiger partial charge in [0.15, 0.2) is 0 Å². The van der Waals surface area contributed by atoms with Gasteiger partial charge in [-0.25, -0.2) is 0 Å². The lowest BCUT2D eigenvalue weighted by Gasteiger charge is -2.02. The molecule has 0 saturated heterocycles. The molecular formula is C15H11N3O7. The standard InChI is InChI=1S/C15H11N3O7/c1-25-12-5-2-10(3-6-12)4-7-13-14(17(21)22)8-11(16(19)20)9-15(13)18(23)24/h2-9H,1H3/b7-4+. The van der Waals surface area contributed by atoms with E-state index in [1.165, 1.54) is 19.3 Å². The molecule has 0 aliphatic carbocycles. The van der Waals surface area contributed by atoms with Crippen LogP contribution >= 0.6 is 0 Å². The largest absolute Gasteiger partial charge is 0.497 e. The maximum absolute atomic E-state index is 11.2. The lowest BCUT2D eigenvalue weighted by atomic mass is 10.1. The second kappa shape index (κ2) is 7.17. The SMILES string of the molecule is COc1ccc(/C=C/c2c([N+](=O)[O-])cc([N+](=O)[O-])cc2[N+](=O)[O-])cc1. The molecule has 0 N–H and O–H groups in total. The third-order valence-corrected chi connectivity index (χ3v) is 3.28. The number of ether oxygens (including phenoxy) is 1. The van der Waals surface area contributed by atoms with Gasteiger partial charge in [0.25, 0.3) is 17.1 Å². The first-order chi connectivity index (χ1) is 11.8. The summed E-state index contributed by atoms with van der Waals surface area (Å²) < 4.78 is 5.00. The first-order valence-electron chi connectivity index (χ1n) is 6.77. The minimum absolute atomic E-state index is 0.323. The number of non-ortho nitro benzene ring substituents is 1. The van der Waals surface area contributed by atoms with E-state index in [1.807, 2.05) is 0 Å². The smallest absolute Gasteiger partial charge is 0.290 e. The van der Waals surface area contributed by atoms with E-state index in [4.69, 9.17) is 4.74 Å². The number of nitro benzene ring substituents is 3. The second-order valence-corrected chi connectivity index (χ2v) is 4.78. The maximum Gasteiger partial charge on any atom is 0.290 e. The van der Waals surface area contributed by atoms with Crippen LogP contribution in [0.3, 0.4) is 0 Å². The van der Waals surface area contributed by atoms with Crippen LogP contribution in [0.4, 0.5) is 17.1 Å². The number of nitrogens with zero attached hydrogens (tertiary/aromatic N) is 3. The molecule has 2 aromatic carbocycles. The Kier molecular flexibility index (Phi) is 5.03. The van der Waals surface area contributed by atoms with Gasteiger partial charge in [0, 0.05) is 0 Å². The van der Waals surface area contributed by atoms with E-state index in [-0.39, 0.29) is 5.56 Å². The average molecular weight is 345 g/mol. The monoisotopic (exact) mass is 345 g/mol. The average Bonchev–Trinajstić information content (AvgIpc) is 2.59. The number of methoxy groups -OCH3 is 1. The molecule has 0 aliphatic heterocycles. The van der Waals surface area contributed by atoms with Crippen LogP contribution in [0.25, 0.3) is 12.2 Å². The van der Waals surface area contributed by atoms with E-state index < -0.39 is 31.8 Å². The molecule has 128 valence electrons. The molecule has 10 nitrogen and oxygen atoms in total. The fourth-order valence-corrected chi connectivity index (χ4v) is 2.08. The van der Waals surface area contributed by atoms with Gasteiger partial charge in [-0.1, -0.05) is 18.2 Å². The van der Waals surface area contributed by atoms with Crippen LogP contribution in [0.5, 0.6) is 5.75 Å². The number of hydrogen-bond donors (Lipinski definition) is 0. The molecule has 0 spiro atoms. The summed E-state index contributed by atoms with van der Waals surface area (Å²) >= 11 is 0. The molecule has 10 heteroatoms. The molecule has 2 rings (SSSR count). The Morgan fingerprint density at radius 3 is 1.76 bits per heavy atom. The summed E-state index contributed by atoms with van der Waals surface area (Å²) in [4.78, 5) is 30.5. The minimum atomic E-state index is -0.920. The van der Waals surface area contributed by atoms with Crippen molar-refractivity contribution in [2.75, 3.05) is 7.11 Å². The Hall–Kier alpha value is -3.82. The quantitative estimate of drug-likeness (QED) is 0.443. The van der Waals surface area contributed by atoms with Crippen molar-refractivity contribution in [1.29, 1.82) is 0 Å². The first kappa shape index (κ1) is 17.5. The Labute approximate surface area is 140 Å². The van der Waals surface area contributed by atoms with Crippen molar-refractivity contribution in [3.8, 4) is 5.75 Å². The zero-order valence-corrected chi connectivity index (χ0v) is 12.8. The molecule has 2 aromatic rings. The zero-order valence-electron chi connectivity index (χ0n) is 12.8. The summed E-state index contributed by atoms with van der Waals surface area (Å²) in [7, 11) is 1.49. The van der Waals surface area contributed by atoms with Crippen molar-refractivity contribution < 1.29 is 19.5 Å². The summed E-state index contributed by atoms with van der Waals surface area (Å²) in [5.74, 6) is 0.601. The van der Waals surface area contributed by atoms with Crippen LogP contribution < -0.4 is 4.74 Å². The third-order valence-electron chi connectivity index (χ3n) is 3.28. The second-order valence-electron chi connectivity index (χ2n) is 4.78. The fraction of sp³-hybridized carbons (Fsp3) is 0.0667. The van der Waals surface area contributed by atoms with Crippen molar-refractivity contribution >= 4 is 29.2 Å². The molecule has 0 amide bonds. The zero-order chi connectivity index (χ0) is 18.6. The fourth-order valence-electron chi connectivity index (χ4n) is 2.08. The highest BCUT2D eigenvalue weighted by Gasteiger charge is 2.28. The van der Waals surface area contributed by atoms with Crippen molar-refractivity contribution in [1.82, 2.24) is 0 Å². The van der Waals surface area contributed by atoms with Crippen molar-refractivity contribution in [3.05, 3.63) is 77.9 Å². The molecule has 0 heterocycles. The number of benzene rings is 2. The lowest BCUT2D eigenvalue weighted by Crippen LogP contribution is -2.00. The van der Waals surface area contributed by atoms with Crippen LogP contribution in [0.15, 0.2) is 36.4 Å². The molecule has 0 atom stereocenters. The van der Waals surface area contributed by atoms with E-state index in [2.05, 4.69) is 0 Å². The van der Waals surface area contributed by atoms with Gasteiger partial charge < -0.3 is 4.74 Å². The predicted octanol–water partition coefficient (Wildman–Crippen LogP) is 3.59. The normalized spacial score (nSPS) is 10.6. The molecule has 0 bridgehead atoms. The summed E-state index contributed by atoms with van der Waals surface area (Å²) in [6.07, 6.45) is 2.61. The number of nitro groups is 3. The van der Waals surface area contributed by atoms with E-state index in [0.29, 0.717) is 23.4 Å². The highest BCUT2D eigenvalue weighted by molar-refractivity contribution is 5.81. The van der Waals surface area contributed by atoms with Gasteiger partial charge in [-0.2, -0.15) is 0 Å². The van der Waals surface area contributed by atoms with Crippen LogP contribution in [-0.2, 0) is 0 Å². The van der Waals surface area contributed by atoms with E-state index in [0.717, 1.165) is 0 Å². The van der Waals surface area contributed by atoms with Gasteiger partial charge in [-0.3, -0.25) is 30.3 Å². The summed E-state index contributed by atoms with van der Waals surface area (Å²) in [5.41, 5.74) is -1.87. The third kappa shape index (κ3) is 3.93. The van der Waals surface area contributed by atoms with Gasteiger partial charge in [0.05, 0.1) is 34.0 Å². The van der Waals surface area contributed by atoms with Gasteiger partial charge >= 0.3 is 0 Å². The van der Waals surface area contributed by atoms with E-state index in [1.54, 1.807) is 24.3 Å². The van der Waals surface area contributed by atoms with E-state index in [9.17, 15) is 30.3 Å². The predicted molar refractivity (Wildman–Crippen MR) is 88.3 cm³/mol. The summed E-state index contributed by atoms with van der Waals surface area (Å²) in [6.45, 7) is 0. The van der Waals surface area contributed by atoms with Crippen molar-refractivity contribution in [2.24, 2.45) is 0 Å². The highest BCUT2D eigenvalue weighted by atomic mass is 16.6. The maximum atomic E-state index is 11.2. The Morgan fingerprint density at radius 1 is 0.840 bits per heavy atom.